The van der Waals surface area contributed by atoms with E-state index >= 15 is 0 Å². The van der Waals surface area contributed by atoms with Crippen molar-refractivity contribution in [1.82, 2.24) is 0 Å². The zero-order chi connectivity index (χ0) is 36.3. The molecule has 2 aromatic carbocycles. The Morgan fingerprint density at radius 1 is 1.04 bits per heavy atom. The van der Waals surface area contributed by atoms with E-state index in [9.17, 15) is 14.7 Å². The molecule has 10 atom stereocenters. The third-order valence-corrected chi connectivity index (χ3v) is 9.66. The van der Waals surface area contributed by atoms with E-state index in [-0.39, 0.29) is 54.9 Å². The van der Waals surface area contributed by atoms with E-state index < -0.39 is 29.9 Å². The minimum Gasteiger partial charge on any atom is -0.490 e. The predicted octanol–water partition coefficient (Wildman–Crippen LogP) is 8.19. The summed E-state index contributed by atoms with van der Waals surface area (Å²) in [5.41, 5.74) is -0.512. The number of cyclic esters (lactones) is 1. The van der Waals surface area contributed by atoms with Crippen molar-refractivity contribution in [2.45, 2.75) is 123 Å². The molecule has 8 heteroatoms. The zero-order valence-electron chi connectivity index (χ0n) is 30.7. The van der Waals surface area contributed by atoms with Gasteiger partial charge in [0.25, 0.3) is 0 Å². The molecule has 272 valence electrons. The second-order valence-corrected chi connectivity index (χ2v) is 14.2. The first-order chi connectivity index (χ1) is 23.9. The van der Waals surface area contributed by atoms with Gasteiger partial charge >= 0.3 is 11.9 Å². The molecule has 50 heavy (non-hydrogen) atoms. The predicted molar refractivity (Wildman–Crippen MR) is 195 cm³/mol. The van der Waals surface area contributed by atoms with E-state index in [0.717, 1.165) is 24.2 Å². The van der Waals surface area contributed by atoms with Gasteiger partial charge in [-0.05, 0) is 81.4 Å². The van der Waals surface area contributed by atoms with Gasteiger partial charge in [-0.2, -0.15) is 0 Å². The van der Waals surface area contributed by atoms with E-state index in [1.807, 2.05) is 92.7 Å². The van der Waals surface area contributed by atoms with Gasteiger partial charge in [0.2, 0.25) is 0 Å². The summed E-state index contributed by atoms with van der Waals surface area (Å²) in [4.78, 5) is 25.4. The standard InChI is InChI=1S/C42H56O8/c1-8-36(48-34-20-13-10-14-21-34)31(5)41-37(49-41)26-28(2)16-15-17-29(3)40-30(4)22-23-38(46-32(6)43)42(7,45)25-24-35(27-39(44)50-40)47-33-18-11-9-12-19-33/h9-23,28,30-31,35-38,40-41,45H,8,24-27H2,1-7H3/b16-15+,23-22+,29-17+. The lowest BCUT2D eigenvalue weighted by molar-refractivity contribution is -0.157. The van der Waals surface area contributed by atoms with E-state index in [4.69, 9.17) is 23.7 Å². The number of benzene rings is 2. The molecule has 0 spiro atoms. The molecule has 2 aromatic rings. The molecule has 10 unspecified atom stereocenters. The third kappa shape index (κ3) is 11.9. The highest BCUT2D eigenvalue weighted by Gasteiger charge is 2.46. The highest BCUT2D eigenvalue weighted by Crippen LogP contribution is 2.38. The van der Waals surface area contributed by atoms with Crippen molar-refractivity contribution in [3.63, 3.8) is 0 Å². The minimum absolute atomic E-state index is 0.00650. The number of rotatable bonds is 13. The van der Waals surface area contributed by atoms with Gasteiger partial charge in [0, 0.05) is 18.8 Å². The van der Waals surface area contributed by atoms with Crippen LogP contribution >= 0.6 is 0 Å². The second kappa shape index (κ2) is 18.4. The molecule has 0 bridgehead atoms. The van der Waals surface area contributed by atoms with Gasteiger partial charge in [0.05, 0.1) is 18.6 Å². The molecule has 2 aliphatic heterocycles. The second-order valence-electron chi connectivity index (χ2n) is 14.2. The molecule has 8 nitrogen and oxygen atoms in total. The van der Waals surface area contributed by atoms with Crippen LogP contribution in [0.2, 0.25) is 0 Å². The Balaban J connectivity index is 1.43. The summed E-state index contributed by atoms with van der Waals surface area (Å²) in [7, 11) is 0. The minimum atomic E-state index is -1.38. The smallest absolute Gasteiger partial charge is 0.310 e. The summed E-state index contributed by atoms with van der Waals surface area (Å²) in [5, 5.41) is 11.4. The van der Waals surface area contributed by atoms with Crippen molar-refractivity contribution < 1.29 is 38.4 Å². The lowest BCUT2D eigenvalue weighted by Crippen LogP contribution is -2.42. The molecule has 0 radical (unpaired) electrons. The van der Waals surface area contributed by atoms with Crippen LogP contribution in [0.3, 0.4) is 0 Å². The topological polar surface area (TPSA) is 104 Å². The van der Waals surface area contributed by atoms with Crippen molar-refractivity contribution in [3.8, 4) is 11.5 Å². The summed E-state index contributed by atoms with van der Waals surface area (Å²) < 4.78 is 30.2. The van der Waals surface area contributed by atoms with Crippen molar-refractivity contribution in [2.24, 2.45) is 17.8 Å². The number of para-hydroxylation sites is 2. The number of carbonyl (C=O) groups excluding carboxylic acids is 2. The lowest BCUT2D eigenvalue weighted by atomic mass is 9.88. The Morgan fingerprint density at radius 3 is 2.34 bits per heavy atom. The Labute approximate surface area is 298 Å². The fourth-order valence-electron chi connectivity index (χ4n) is 6.60. The number of carbonyl (C=O) groups is 2. The summed E-state index contributed by atoms with van der Waals surface area (Å²) >= 11 is 0. The fourth-order valence-corrected chi connectivity index (χ4v) is 6.60. The maximum absolute atomic E-state index is 13.4. The van der Waals surface area contributed by atoms with Crippen LogP contribution in [-0.2, 0) is 23.8 Å². The molecule has 1 N–H and O–H groups in total. The van der Waals surface area contributed by atoms with Crippen LogP contribution in [0.5, 0.6) is 11.5 Å². The Kier molecular flexibility index (Phi) is 14.3. The Hall–Kier alpha value is -3.88. The average Bonchev–Trinajstić information content (AvgIpc) is 3.85. The fraction of sp³-hybridized carbons (Fsp3) is 0.524. The first-order valence-corrected chi connectivity index (χ1v) is 18.1. The number of esters is 2. The van der Waals surface area contributed by atoms with Crippen molar-refractivity contribution in [2.75, 3.05) is 0 Å². The van der Waals surface area contributed by atoms with E-state index in [1.165, 1.54) is 6.92 Å². The summed E-state index contributed by atoms with van der Waals surface area (Å²) in [5.74, 6) is 0.913. The Morgan fingerprint density at radius 2 is 1.70 bits per heavy atom. The van der Waals surface area contributed by atoms with Crippen molar-refractivity contribution in [1.29, 1.82) is 0 Å². The van der Waals surface area contributed by atoms with E-state index in [0.29, 0.717) is 12.2 Å². The quantitative estimate of drug-likeness (QED) is 0.0973. The highest BCUT2D eigenvalue weighted by molar-refractivity contribution is 5.70. The first kappa shape index (κ1) is 38.9. The van der Waals surface area contributed by atoms with E-state index in [2.05, 4.69) is 26.8 Å². The van der Waals surface area contributed by atoms with Gasteiger partial charge < -0.3 is 28.8 Å². The van der Waals surface area contributed by atoms with Gasteiger partial charge in [-0.15, -0.1) is 0 Å². The normalized spacial score (nSPS) is 30.2. The maximum Gasteiger partial charge on any atom is 0.310 e. The van der Waals surface area contributed by atoms with Gasteiger partial charge in [-0.1, -0.05) is 88.4 Å². The number of aliphatic hydroxyl groups is 1. The molecule has 0 aromatic heterocycles. The van der Waals surface area contributed by atoms with Crippen LogP contribution in [0, 0.1) is 17.8 Å². The number of ether oxygens (including phenoxy) is 5. The molecule has 2 heterocycles. The molecule has 1 fully saturated rings. The van der Waals surface area contributed by atoms with Crippen LogP contribution < -0.4 is 9.47 Å². The third-order valence-electron chi connectivity index (χ3n) is 9.66. The summed E-state index contributed by atoms with van der Waals surface area (Å²) in [6.07, 6.45) is 10.6. The Bertz CT molecular complexity index is 1450. The summed E-state index contributed by atoms with van der Waals surface area (Å²) in [6, 6.07) is 19.2. The van der Waals surface area contributed by atoms with Crippen LogP contribution in [0.1, 0.15) is 80.6 Å². The largest absolute Gasteiger partial charge is 0.490 e. The van der Waals surface area contributed by atoms with Gasteiger partial charge in [0.15, 0.2) is 0 Å². The van der Waals surface area contributed by atoms with Crippen LogP contribution in [-0.4, -0.2) is 59.3 Å². The van der Waals surface area contributed by atoms with Crippen LogP contribution in [0.4, 0.5) is 0 Å². The molecule has 4 rings (SSSR count). The van der Waals surface area contributed by atoms with Crippen LogP contribution in [0.25, 0.3) is 0 Å². The molecule has 0 saturated carbocycles. The molecule has 2 aliphatic rings. The number of allylic oxidation sites excluding steroid dienone is 3. The van der Waals surface area contributed by atoms with Crippen molar-refractivity contribution in [3.05, 3.63) is 96.6 Å². The SMILES string of the molecule is CCC(Oc1ccccc1)C(C)C1OC1CC(C)/C=C/C=C(\C)C1OC(=O)CC(Oc2ccccc2)CCC(C)(O)C(OC(C)=O)/C=C/C1C. The zero-order valence-corrected chi connectivity index (χ0v) is 30.7. The van der Waals surface area contributed by atoms with Gasteiger partial charge in [-0.25, -0.2) is 0 Å². The first-order valence-electron chi connectivity index (χ1n) is 18.1. The van der Waals surface area contributed by atoms with Gasteiger partial charge in [0.1, 0.15) is 41.5 Å². The van der Waals surface area contributed by atoms with Gasteiger partial charge in [-0.3, -0.25) is 9.59 Å². The molecular weight excluding hydrogens is 632 g/mol. The number of epoxide rings is 1. The number of hydrogen-bond donors (Lipinski definition) is 1. The maximum atomic E-state index is 13.4. The molecular formula is C42H56O8. The molecule has 0 aliphatic carbocycles. The lowest BCUT2D eigenvalue weighted by Gasteiger charge is -2.33. The average molecular weight is 689 g/mol. The highest BCUT2D eigenvalue weighted by atomic mass is 16.6. The monoisotopic (exact) mass is 688 g/mol. The van der Waals surface area contributed by atoms with Crippen LogP contribution in [0.15, 0.2) is 96.6 Å². The number of hydrogen-bond acceptors (Lipinski definition) is 8. The summed E-state index contributed by atoms with van der Waals surface area (Å²) in [6.45, 7) is 13.4. The van der Waals surface area contributed by atoms with Crippen molar-refractivity contribution >= 4 is 11.9 Å². The van der Waals surface area contributed by atoms with E-state index in [1.54, 1.807) is 13.0 Å². The molecule has 1 saturated heterocycles. The molecule has 0 amide bonds.